The molecular formula is C17H21O2P2+. The maximum Gasteiger partial charge on any atom is 0.310 e. The Kier molecular flexibility index (Phi) is 6.89. The minimum absolute atomic E-state index is 0.319. The first-order chi connectivity index (χ1) is 10.00. The van der Waals surface area contributed by atoms with Crippen molar-refractivity contribution in [2.45, 2.75) is 20.8 Å². The van der Waals surface area contributed by atoms with E-state index >= 15 is 0 Å². The second kappa shape index (κ2) is 8.17. The van der Waals surface area contributed by atoms with Crippen LogP contribution in [-0.4, -0.2) is 5.52 Å². The molecule has 0 heterocycles. The van der Waals surface area contributed by atoms with Crippen LogP contribution in [0.1, 0.15) is 20.8 Å². The Balaban J connectivity index is 0.00000106. The van der Waals surface area contributed by atoms with Gasteiger partial charge in [0.15, 0.2) is 5.52 Å². The summed E-state index contributed by atoms with van der Waals surface area (Å²) in [5.74, 6) is 0. The molecule has 0 saturated heterocycles. The lowest BCUT2D eigenvalue weighted by Crippen LogP contribution is -2.27. The van der Waals surface area contributed by atoms with Crippen molar-refractivity contribution in [2.24, 2.45) is 5.41 Å². The van der Waals surface area contributed by atoms with Crippen LogP contribution in [0.15, 0.2) is 60.7 Å². The molecular weight excluding hydrogens is 298 g/mol. The summed E-state index contributed by atoms with van der Waals surface area (Å²) in [6.45, 7) is 5.99. The van der Waals surface area contributed by atoms with Crippen LogP contribution in [0.4, 0.5) is 0 Å². The molecule has 1 atom stereocenters. The van der Waals surface area contributed by atoms with Crippen LogP contribution < -0.4 is 10.6 Å². The fourth-order valence-corrected chi connectivity index (χ4v) is 4.25. The Labute approximate surface area is 130 Å². The Morgan fingerprint density at radius 1 is 0.810 bits per heavy atom. The highest BCUT2D eigenvalue weighted by atomic mass is 31.1. The van der Waals surface area contributed by atoms with Gasteiger partial charge in [0.05, 0.1) is 0 Å². The SMILES string of the molecule is CC(C)(C)C(=O)P(c1ccccc1)c1ccccc1.O=[PH2+]. The lowest BCUT2D eigenvalue weighted by molar-refractivity contribution is -0.117. The van der Waals surface area contributed by atoms with Crippen LogP contribution in [0.2, 0.25) is 0 Å². The average molecular weight is 319 g/mol. The third kappa shape index (κ3) is 4.84. The van der Waals surface area contributed by atoms with Gasteiger partial charge in [-0.1, -0.05) is 86.0 Å². The first-order valence-corrected chi connectivity index (χ1v) is 8.50. The molecule has 4 heteroatoms. The van der Waals surface area contributed by atoms with Crippen LogP contribution >= 0.6 is 17.0 Å². The van der Waals surface area contributed by atoms with E-state index in [0.717, 1.165) is 10.6 Å². The summed E-state index contributed by atoms with van der Waals surface area (Å²) in [5.41, 5.74) is -0.00269. The normalized spacial score (nSPS) is 10.7. The van der Waals surface area contributed by atoms with Gasteiger partial charge in [0.1, 0.15) is 0 Å². The molecule has 0 radical (unpaired) electrons. The van der Waals surface area contributed by atoms with Gasteiger partial charge in [-0.25, -0.2) is 0 Å². The zero-order valence-electron chi connectivity index (χ0n) is 12.6. The maximum atomic E-state index is 12.8. The van der Waals surface area contributed by atoms with E-state index in [9.17, 15) is 4.79 Å². The van der Waals surface area contributed by atoms with E-state index in [0.29, 0.717) is 5.52 Å². The van der Waals surface area contributed by atoms with Crippen LogP contribution in [0.5, 0.6) is 0 Å². The summed E-state index contributed by atoms with van der Waals surface area (Å²) in [7, 11) is 0.228. The van der Waals surface area contributed by atoms with Crippen molar-refractivity contribution in [3.63, 3.8) is 0 Å². The molecule has 2 nitrogen and oxygen atoms in total. The Hall–Kier alpha value is -1.36. The number of carbonyl (C=O) groups is 1. The third-order valence-corrected chi connectivity index (χ3v) is 5.58. The molecule has 2 rings (SSSR count). The van der Waals surface area contributed by atoms with Gasteiger partial charge in [0.25, 0.3) is 0 Å². The van der Waals surface area contributed by atoms with Crippen molar-refractivity contribution in [1.82, 2.24) is 0 Å². The molecule has 0 saturated carbocycles. The van der Waals surface area contributed by atoms with Gasteiger partial charge in [-0.2, -0.15) is 0 Å². The largest absolute Gasteiger partial charge is 0.310 e. The first-order valence-electron chi connectivity index (χ1n) is 6.68. The predicted octanol–water partition coefficient (Wildman–Crippen LogP) is 3.90. The Morgan fingerprint density at radius 2 is 1.14 bits per heavy atom. The van der Waals surface area contributed by atoms with Gasteiger partial charge in [-0.05, 0) is 10.6 Å². The minimum Gasteiger partial charge on any atom is -0.293 e. The summed E-state index contributed by atoms with van der Waals surface area (Å²) in [4.78, 5) is 12.8. The fourth-order valence-electron chi connectivity index (χ4n) is 1.87. The second-order valence-electron chi connectivity index (χ2n) is 5.56. The van der Waals surface area contributed by atoms with Crippen molar-refractivity contribution in [1.29, 1.82) is 0 Å². The number of carbonyl (C=O) groups excluding carboxylic acids is 1. The summed E-state index contributed by atoms with van der Waals surface area (Å²) in [6, 6.07) is 20.2. The van der Waals surface area contributed by atoms with E-state index < -0.39 is 7.92 Å². The zero-order valence-corrected chi connectivity index (χ0v) is 14.7. The van der Waals surface area contributed by atoms with Gasteiger partial charge in [-0.3, -0.25) is 4.79 Å². The molecule has 0 aromatic heterocycles. The molecule has 0 aliphatic carbocycles. The molecule has 0 bridgehead atoms. The molecule has 1 unspecified atom stereocenters. The smallest absolute Gasteiger partial charge is 0.293 e. The molecule has 0 fully saturated rings. The molecule has 21 heavy (non-hydrogen) atoms. The van der Waals surface area contributed by atoms with E-state index in [4.69, 9.17) is 4.57 Å². The lowest BCUT2D eigenvalue weighted by Gasteiger charge is -2.25. The number of hydrogen-bond acceptors (Lipinski definition) is 2. The monoisotopic (exact) mass is 319 g/mol. The summed E-state index contributed by atoms with van der Waals surface area (Å²) >= 11 is 0. The quantitative estimate of drug-likeness (QED) is 0.804. The van der Waals surface area contributed by atoms with Gasteiger partial charge in [-0.15, -0.1) is 0 Å². The van der Waals surface area contributed by atoms with Crippen LogP contribution in [0.25, 0.3) is 0 Å². The number of rotatable bonds is 3. The molecule has 2 aromatic carbocycles. The Morgan fingerprint density at radius 3 is 1.43 bits per heavy atom. The summed E-state index contributed by atoms with van der Waals surface area (Å²) in [6.07, 6.45) is 0. The fraction of sp³-hybridized carbons (Fsp3) is 0.235. The number of hydrogen-bond donors (Lipinski definition) is 0. The van der Waals surface area contributed by atoms with Gasteiger partial charge in [0, 0.05) is 13.3 Å². The number of benzene rings is 2. The molecule has 0 aliphatic rings. The van der Waals surface area contributed by atoms with E-state index in [2.05, 4.69) is 24.3 Å². The van der Waals surface area contributed by atoms with Crippen LogP contribution in [0.3, 0.4) is 0 Å². The van der Waals surface area contributed by atoms with Crippen LogP contribution in [-0.2, 0) is 9.36 Å². The molecule has 0 aliphatic heterocycles. The lowest BCUT2D eigenvalue weighted by atomic mass is 9.99. The molecule has 0 spiro atoms. The highest BCUT2D eigenvalue weighted by molar-refractivity contribution is 7.87. The van der Waals surface area contributed by atoms with E-state index in [1.54, 1.807) is 0 Å². The summed E-state index contributed by atoms with van der Waals surface area (Å²) < 4.78 is 8.17. The average Bonchev–Trinajstić information content (AvgIpc) is 2.51. The second-order valence-corrected chi connectivity index (χ2v) is 7.67. The zero-order chi connectivity index (χ0) is 15.9. The van der Waals surface area contributed by atoms with E-state index in [1.165, 1.54) is 9.12 Å². The highest BCUT2D eigenvalue weighted by Gasteiger charge is 2.31. The van der Waals surface area contributed by atoms with Gasteiger partial charge < -0.3 is 0 Å². The van der Waals surface area contributed by atoms with Crippen molar-refractivity contribution >= 4 is 33.2 Å². The van der Waals surface area contributed by atoms with Gasteiger partial charge >= 0.3 is 9.12 Å². The third-order valence-electron chi connectivity index (χ3n) is 2.87. The van der Waals surface area contributed by atoms with E-state index in [1.807, 2.05) is 57.2 Å². The predicted molar refractivity (Wildman–Crippen MR) is 93.9 cm³/mol. The van der Waals surface area contributed by atoms with Crippen molar-refractivity contribution < 1.29 is 9.36 Å². The molecule has 0 amide bonds. The van der Waals surface area contributed by atoms with Gasteiger partial charge in [0.2, 0.25) is 0 Å². The topological polar surface area (TPSA) is 34.1 Å². The first kappa shape index (κ1) is 17.7. The van der Waals surface area contributed by atoms with Crippen molar-refractivity contribution in [3.8, 4) is 0 Å². The van der Waals surface area contributed by atoms with E-state index in [-0.39, 0.29) is 5.41 Å². The maximum absolute atomic E-state index is 12.8. The Bertz CT molecular complexity index is 523. The molecule has 110 valence electrons. The van der Waals surface area contributed by atoms with Crippen molar-refractivity contribution in [2.75, 3.05) is 0 Å². The minimum atomic E-state index is -0.939. The van der Waals surface area contributed by atoms with Crippen LogP contribution in [0, 0.1) is 5.41 Å². The summed E-state index contributed by atoms with van der Waals surface area (Å²) in [5, 5.41) is 2.26. The molecule has 2 aromatic rings. The molecule has 0 N–H and O–H groups in total. The standard InChI is InChI=1S/C17H19OP.H2OP/c1-17(2,3)16(18)19(14-10-6-4-7-11-14)15-12-8-5-9-13-15;1-2/h4-13H,1-3H3;2H2/q;+1. The highest BCUT2D eigenvalue weighted by Crippen LogP contribution is 2.41. The van der Waals surface area contributed by atoms with Crippen molar-refractivity contribution in [3.05, 3.63) is 60.7 Å².